The van der Waals surface area contributed by atoms with Crippen molar-refractivity contribution in [2.45, 2.75) is 32.2 Å². The Balaban J connectivity index is 1.58. The topological polar surface area (TPSA) is 130 Å². The average molecular weight is 437 g/mol. The number of sulfonamides is 1. The molecule has 1 aromatic carbocycles. The van der Waals surface area contributed by atoms with Gasteiger partial charge in [-0.3, -0.25) is 24.1 Å². The maximum absolute atomic E-state index is 12.3. The highest BCUT2D eigenvalue weighted by Crippen LogP contribution is 2.25. The molecule has 0 aromatic heterocycles. The maximum Gasteiger partial charge on any atom is 0.324 e. The normalized spacial score (nSPS) is 19.1. The number of hydrogen-bond donors (Lipinski definition) is 1. The number of nitrogens with zero attached hydrogens (tertiary/aromatic N) is 2. The number of fused-ring (bicyclic) bond motifs is 1. The monoisotopic (exact) mass is 437 g/mol. The van der Waals surface area contributed by atoms with Crippen LogP contribution in [-0.2, 0) is 24.3 Å². The summed E-state index contributed by atoms with van der Waals surface area (Å²) >= 11 is 0. The lowest BCUT2D eigenvalue weighted by molar-refractivity contribution is -0.150. The summed E-state index contributed by atoms with van der Waals surface area (Å²) in [5, 5.41) is 2.50. The molecule has 2 aliphatic rings. The van der Waals surface area contributed by atoms with Crippen molar-refractivity contribution in [3.8, 4) is 0 Å². The molecule has 3 rings (SSSR count). The molecule has 1 saturated heterocycles. The number of esters is 1. The third-order valence-electron chi connectivity index (χ3n) is 5.01. The highest BCUT2D eigenvalue weighted by Gasteiger charge is 2.39. The summed E-state index contributed by atoms with van der Waals surface area (Å²) in [7, 11) is -2.17. The van der Waals surface area contributed by atoms with Crippen molar-refractivity contribution in [2.24, 2.45) is 0 Å². The molecular formula is C19H23N3O7S. The van der Waals surface area contributed by atoms with E-state index in [0.717, 1.165) is 9.21 Å². The van der Waals surface area contributed by atoms with E-state index in [4.69, 9.17) is 4.74 Å². The molecule has 0 spiro atoms. The standard InChI is InChI=1S/C19H23N3O7S/c1-3-9-30(27,28)22-8-4-5-15(22)19(26)29-11-16(23)20-12-6-7-13-14(10-12)18(25)21(2)17(13)24/h6-7,10,15H,3-5,8-9,11H2,1-2H3,(H,20,23). The zero-order valence-electron chi connectivity index (χ0n) is 16.7. The summed E-state index contributed by atoms with van der Waals surface area (Å²) in [6.45, 7) is 1.40. The van der Waals surface area contributed by atoms with Crippen LogP contribution in [0.3, 0.4) is 0 Å². The number of benzene rings is 1. The molecule has 30 heavy (non-hydrogen) atoms. The summed E-state index contributed by atoms with van der Waals surface area (Å²) in [5.41, 5.74) is 0.709. The molecule has 1 unspecified atom stereocenters. The molecule has 2 aliphatic heterocycles. The van der Waals surface area contributed by atoms with E-state index in [-0.39, 0.29) is 29.1 Å². The Morgan fingerprint density at radius 3 is 2.60 bits per heavy atom. The first-order chi connectivity index (χ1) is 14.2. The maximum atomic E-state index is 12.3. The van der Waals surface area contributed by atoms with Crippen molar-refractivity contribution < 1.29 is 32.3 Å². The van der Waals surface area contributed by atoms with Crippen LogP contribution in [-0.4, -0.2) is 73.3 Å². The second-order valence-corrected chi connectivity index (χ2v) is 9.21. The van der Waals surface area contributed by atoms with Gasteiger partial charge in [0.15, 0.2) is 6.61 Å². The van der Waals surface area contributed by atoms with E-state index in [1.807, 2.05) is 0 Å². The number of ether oxygens (including phenoxy) is 1. The van der Waals surface area contributed by atoms with Gasteiger partial charge in [-0.15, -0.1) is 0 Å². The van der Waals surface area contributed by atoms with Gasteiger partial charge < -0.3 is 10.1 Å². The lowest BCUT2D eigenvalue weighted by atomic mass is 10.1. The molecule has 0 saturated carbocycles. The molecule has 1 N–H and O–H groups in total. The van der Waals surface area contributed by atoms with E-state index in [1.165, 1.54) is 25.2 Å². The molecule has 1 aromatic rings. The van der Waals surface area contributed by atoms with Crippen LogP contribution in [0.1, 0.15) is 46.9 Å². The van der Waals surface area contributed by atoms with Crippen molar-refractivity contribution in [1.29, 1.82) is 0 Å². The van der Waals surface area contributed by atoms with Crippen LogP contribution in [0.2, 0.25) is 0 Å². The molecule has 10 nitrogen and oxygen atoms in total. The van der Waals surface area contributed by atoms with Crippen LogP contribution >= 0.6 is 0 Å². The number of anilines is 1. The Hall–Kier alpha value is -2.79. The number of imide groups is 1. The van der Waals surface area contributed by atoms with Gasteiger partial charge in [0.05, 0.1) is 16.9 Å². The largest absolute Gasteiger partial charge is 0.454 e. The Kier molecular flexibility index (Phi) is 6.22. The molecule has 0 aliphatic carbocycles. The molecule has 11 heteroatoms. The Morgan fingerprint density at radius 2 is 1.90 bits per heavy atom. The Labute approximate surface area is 174 Å². The van der Waals surface area contributed by atoms with E-state index in [0.29, 0.717) is 19.3 Å². The van der Waals surface area contributed by atoms with Gasteiger partial charge >= 0.3 is 5.97 Å². The first-order valence-corrected chi connectivity index (χ1v) is 11.2. The third-order valence-corrected chi connectivity index (χ3v) is 7.09. The van der Waals surface area contributed by atoms with Gasteiger partial charge in [0.2, 0.25) is 10.0 Å². The highest BCUT2D eigenvalue weighted by molar-refractivity contribution is 7.89. The summed E-state index contributed by atoms with van der Waals surface area (Å²) in [4.78, 5) is 49.4. The predicted molar refractivity (Wildman–Crippen MR) is 106 cm³/mol. The fourth-order valence-corrected chi connectivity index (χ4v) is 5.29. The number of carbonyl (C=O) groups excluding carboxylic acids is 4. The fraction of sp³-hybridized carbons (Fsp3) is 0.474. The van der Waals surface area contributed by atoms with Crippen LogP contribution in [0.25, 0.3) is 0 Å². The summed E-state index contributed by atoms with van der Waals surface area (Å²) < 4.78 is 30.7. The van der Waals surface area contributed by atoms with Crippen molar-refractivity contribution in [3.05, 3.63) is 29.3 Å². The van der Waals surface area contributed by atoms with Crippen LogP contribution in [0.15, 0.2) is 18.2 Å². The van der Waals surface area contributed by atoms with Gasteiger partial charge in [0, 0.05) is 19.3 Å². The highest BCUT2D eigenvalue weighted by atomic mass is 32.2. The van der Waals surface area contributed by atoms with Crippen LogP contribution in [0.5, 0.6) is 0 Å². The van der Waals surface area contributed by atoms with Gasteiger partial charge in [0.25, 0.3) is 17.7 Å². The molecular weight excluding hydrogens is 414 g/mol. The first-order valence-electron chi connectivity index (χ1n) is 9.58. The SMILES string of the molecule is CCCS(=O)(=O)N1CCCC1C(=O)OCC(=O)Nc1ccc2c(c1)C(=O)N(C)C2=O. The Bertz CT molecular complexity index is 1010. The van der Waals surface area contributed by atoms with Crippen LogP contribution < -0.4 is 5.32 Å². The lowest BCUT2D eigenvalue weighted by Crippen LogP contribution is -2.43. The zero-order valence-corrected chi connectivity index (χ0v) is 17.5. The molecule has 2 heterocycles. The quantitative estimate of drug-likeness (QED) is 0.488. The summed E-state index contributed by atoms with van der Waals surface area (Å²) in [5.74, 6) is -2.34. The van der Waals surface area contributed by atoms with E-state index >= 15 is 0 Å². The number of carbonyl (C=O) groups is 4. The lowest BCUT2D eigenvalue weighted by Gasteiger charge is -2.22. The van der Waals surface area contributed by atoms with Crippen molar-refractivity contribution in [3.63, 3.8) is 0 Å². The number of rotatable bonds is 7. The van der Waals surface area contributed by atoms with Crippen LogP contribution in [0.4, 0.5) is 5.69 Å². The number of nitrogens with one attached hydrogen (secondary N) is 1. The van der Waals surface area contributed by atoms with Gasteiger partial charge in [-0.25, -0.2) is 8.42 Å². The molecule has 0 bridgehead atoms. The van der Waals surface area contributed by atoms with Crippen LogP contribution in [0, 0.1) is 0 Å². The molecule has 162 valence electrons. The zero-order chi connectivity index (χ0) is 22.1. The molecule has 0 radical (unpaired) electrons. The van der Waals surface area contributed by atoms with E-state index in [9.17, 15) is 27.6 Å². The molecule has 1 fully saturated rings. The van der Waals surface area contributed by atoms with E-state index in [2.05, 4.69) is 5.32 Å². The van der Waals surface area contributed by atoms with E-state index in [1.54, 1.807) is 6.92 Å². The first kappa shape index (κ1) is 21.9. The Morgan fingerprint density at radius 1 is 1.20 bits per heavy atom. The third kappa shape index (κ3) is 4.21. The van der Waals surface area contributed by atoms with Crippen molar-refractivity contribution in [1.82, 2.24) is 9.21 Å². The van der Waals surface area contributed by atoms with E-state index < -0.39 is 46.4 Å². The molecule has 3 amide bonds. The van der Waals surface area contributed by atoms with Crippen molar-refractivity contribution in [2.75, 3.05) is 31.3 Å². The average Bonchev–Trinajstić information content (AvgIpc) is 3.28. The fourth-order valence-electron chi connectivity index (χ4n) is 3.55. The second-order valence-electron chi connectivity index (χ2n) is 7.17. The van der Waals surface area contributed by atoms with Crippen molar-refractivity contribution >= 4 is 39.4 Å². The van der Waals surface area contributed by atoms with Gasteiger partial charge in [-0.05, 0) is 37.5 Å². The minimum atomic E-state index is -3.54. The summed E-state index contributed by atoms with van der Waals surface area (Å²) in [6, 6.07) is 3.37. The minimum absolute atomic E-state index is 0.0496. The van der Waals surface area contributed by atoms with Gasteiger partial charge in [-0.2, -0.15) is 4.31 Å². The number of amides is 3. The minimum Gasteiger partial charge on any atom is -0.454 e. The summed E-state index contributed by atoms with van der Waals surface area (Å²) in [6.07, 6.45) is 1.33. The second kappa shape index (κ2) is 8.52. The predicted octanol–water partition coefficient (Wildman–Crippen LogP) is 0.598. The smallest absolute Gasteiger partial charge is 0.324 e. The van der Waals surface area contributed by atoms with Gasteiger partial charge in [-0.1, -0.05) is 6.92 Å². The molecule has 1 atom stereocenters. The number of hydrogen-bond acceptors (Lipinski definition) is 7. The van der Waals surface area contributed by atoms with Gasteiger partial charge in [0.1, 0.15) is 6.04 Å².